The van der Waals surface area contributed by atoms with E-state index < -0.39 is 12.7 Å². The highest BCUT2D eigenvalue weighted by molar-refractivity contribution is 5.79. The van der Waals surface area contributed by atoms with Gasteiger partial charge in [0.05, 0.1) is 6.54 Å². The highest BCUT2D eigenvalue weighted by Gasteiger charge is 2.34. The molecule has 0 aromatic carbocycles. The summed E-state index contributed by atoms with van der Waals surface area (Å²) in [5, 5.41) is 6.53. The fourth-order valence-electron chi connectivity index (χ4n) is 3.73. The maximum Gasteiger partial charge on any atom is 0.401 e. The molecule has 1 atom stereocenters. The SMILES string of the molecule is CCN1CCN(CCCCNC(=NC)NC2CCN(CC(F)(F)F)C2)CC1. The Morgan fingerprint density at radius 3 is 2.37 bits per heavy atom. The van der Waals surface area contributed by atoms with Crippen LogP contribution in [-0.2, 0) is 0 Å². The number of nitrogens with one attached hydrogen (secondary N) is 2. The van der Waals surface area contributed by atoms with Crippen molar-refractivity contribution in [2.75, 3.05) is 72.5 Å². The molecule has 1 unspecified atom stereocenters. The first-order valence-electron chi connectivity index (χ1n) is 10.1. The van der Waals surface area contributed by atoms with Gasteiger partial charge in [-0.2, -0.15) is 13.2 Å². The van der Waals surface area contributed by atoms with Crippen LogP contribution in [0.3, 0.4) is 0 Å². The van der Waals surface area contributed by atoms with Crippen molar-refractivity contribution in [2.45, 2.75) is 38.4 Å². The van der Waals surface area contributed by atoms with Crippen LogP contribution in [0.4, 0.5) is 13.2 Å². The first-order valence-corrected chi connectivity index (χ1v) is 10.1. The third-order valence-corrected chi connectivity index (χ3v) is 5.35. The normalized spacial score (nSPS) is 23.7. The van der Waals surface area contributed by atoms with Crippen LogP contribution >= 0.6 is 0 Å². The van der Waals surface area contributed by atoms with Gasteiger partial charge >= 0.3 is 6.18 Å². The van der Waals surface area contributed by atoms with E-state index in [0.717, 1.165) is 58.7 Å². The maximum absolute atomic E-state index is 12.5. The number of halogens is 3. The third kappa shape index (κ3) is 8.66. The minimum absolute atomic E-state index is 0.0217. The Kier molecular flexibility index (Phi) is 9.11. The van der Waals surface area contributed by atoms with Crippen LogP contribution < -0.4 is 10.6 Å². The molecular weight excluding hydrogens is 357 g/mol. The summed E-state index contributed by atoms with van der Waals surface area (Å²) < 4.78 is 37.4. The van der Waals surface area contributed by atoms with Crippen molar-refractivity contribution in [1.29, 1.82) is 0 Å². The highest BCUT2D eigenvalue weighted by atomic mass is 19.4. The quantitative estimate of drug-likeness (QED) is 0.369. The molecule has 0 saturated carbocycles. The Hall–Kier alpha value is -1.06. The molecule has 2 heterocycles. The Morgan fingerprint density at radius 2 is 1.74 bits per heavy atom. The number of unbranched alkanes of at least 4 members (excludes halogenated alkanes) is 1. The molecule has 2 fully saturated rings. The number of piperazine rings is 1. The number of guanidine groups is 1. The van der Waals surface area contributed by atoms with E-state index in [-0.39, 0.29) is 6.04 Å². The summed E-state index contributed by atoms with van der Waals surface area (Å²) in [5.41, 5.74) is 0. The number of alkyl halides is 3. The fourth-order valence-corrected chi connectivity index (χ4v) is 3.73. The minimum atomic E-state index is -4.13. The monoisotopic (exact) mass is 392 g/mol. The van der Waals surface area contributed by atoms with Crippen molar-refractivity contribution in [1.82, 2.24) is 25.3 Å². The van der Waals surface area contributed by atoms with Crippen LogP contribution in [-0.4, -0.2) is 105 Å². The van der Waals surface area contributed by atoms with Gasteiger partial charge in [0, 0.05) is 58.9 Å². The molecule has 0 bridgehead atoms. The molecule has 2 aliphatic rings. The maximum atomic E-state index is 12.5. The van der Waals surface area contributed by atoms with Crippen LogP contribution in [0.15, 0.2) is 4.99 Å². The van der Waals surface area contributed by atoms with Gasteiger partial charge in [0.25, 0.3) is 0 Å². The van der Waals surface area contributed by atoms with Gasteiger partial charge in [-0.3, -0.25) is 9.89 Å². The van der Waals surface area contributed by atoms with Gasteiger partial charge in [0.15, 0.2) is 5.96 Å². The lowest BCUT2D eigenvalue weighted by molar-refractivity contribution is -0.143. The van der Waals surface area contributed by atoms with Crippen LogP contribution in [0.5, 0.6) is 0 Å². The van der Waals surface area contributed by atoms with E-state index in [4.69, 9.17) is 0 Å². The number of likely N-dealkylation sites (N-methyl/N-ethyl adjacent to an activating group) is 1. The Labute approximate surface area is 161 Å². The molecule has 0 radical (unpaired) electrons. The molecule has 2 N–H and O–H groups in total. The molecule has 158 valence electrons. The van der Waals surface area contributed by atoms with Gasteiger partial charge in [-0.1, -0.05) is 6.92 Å². The van der Waals surface area contributed by atoms with Crippen LogP contribution in [0.25, 0.3) is 0 Å². The molecule has 2 rings (SSSR count). The lowest BCUT2D eigenvalue weighted by Gasteiger charge is -2.34. The Balaban J connectivity index is 1.55. The summed E-state index contributed by atoms with van der Waals surface area (Å²) in [4.78, 5) is 10.6. The zero-order valence-electron chi connectivity index (χ0n) is 16.7. The third-order valence-electron chi connectivity index (χ3n) is 5.35. The van der Waals surface area contributed by atoms with Crippen molar-refractivity contribution >= 4 is 5.96 Å². The molecule has 0 aromatic rings. The predicted molar refractivity (Wildman–Crippen MR) is 103 cm³/mol. The predicted octanol–water partition coefficient (Wildman–Crippen LogP) is 1.21. The van der Waals surface area contributed by atoms with Crippen molar-refractivity contribution in [3.8, 4) is 0 Å². The standard InChI is InChI=1S/C18H35F3N6/c1-3-25-10-12-26(13-11-25)8-5-4-7-23-17(22-2)24-16-6-9-27(14-16)15-18(19,20)21/h16H,3-15H2,1-2H3,(H2,22,23,24). The summed E-state index contributed by atoms with van der Waals surface area (Å²) in [6.07, 6.45) is -1.23. The van der Waals surface area contributed by atoms with Gasteiger partial charge in [-0.15, -0.1) is 0 Å². The molecule has 27 heavy (non-hydrogen) atoms. The molecule has 9 heteroatoms. The van der Waals surface area contributed by atoms with Crippen molar-refractivity contribution < 1.29 is 13.2 Å². The van der Waals surface area contributed by atoms with E-state index in [1.165, 1.54) is 4.90 Å². The number of rotatable bonds is 8. The Bertz CT molecular complexity index is 449. The van der Waals surface area contributed by atoms with Gasteiger partial charge in [0.1, 0.15) is 0 Å². The topological polar surface area (TPSA) is 46.1 Å². The number of hydrogen-bond donors (Lipinski definition) is 2. The fraction of sp³-hybridized carbons (Fsp3) is 0.944. The van der Waals surface area contributed by atoms with Gasteiger partial charge in [0.2, 0.25) is 0 Å². The molecule has 2 aliphatic heterocycles. The second kappa shape index (κ2) is 11.1. The number of hydrogen-bond acceptors (Lipinski definition) is 4. The van der Waals surface area contributed by atoms with Crippen LogP contribution in [0, 0.1) is 0 Å². The second-order valence-electron chi connectivity index (χ2n) is 7.46. The highest BCUT2D eigenvalue weighted by Crippen LogP contribution is 2.19. The van der Waals surface area contributed by atoms with E-state index in [1.807, 2.05) is 0 Å². The Morgan fingerprint density at radius 1 is 1.04 bits per heavy atom. The van der Waals surface area contributed by atoms with Gasteiger partial charge in [-0.25, -0.2) is 0 Å². The summed E-state index contributed by atoms with van der Waals surface area (Å²) in [6, 6.07) is 0.0217. The van der Waals surface area contributed by atoms with Crippen molar-refractivity contribution in [3.05, 3.63) is 0 Å². The summed E-state index contributed by atoms with van der Waals surface area (Å²) in [6.45, 7) is 9.98. The van der Waals surface area contributed by atoms with Crippen molar-refractivity contribution in [2.24, 2.45) is 4.99 Å². The van der Waals surface area contributed by atoms with Crippen molar-refractivity contribution in [3.63, 3.8) is 0 Å². The summed E-state index contributed by atoms with van der Waals surface area (Å²) in [5.74, 6) is 0.686. The molecule has 2 saturated heterocycles. The van der Waals surface area contributed by atoms with E-state index >= 15 is 0 Å². The van der Waals surface area contributed by atoms with Crippen LogP contribution in [0.2, 0.25) is 0 Å². The number of nitrogens with zero attached hydrogens (tertiary/aromatic N) is 4. The zero-order chi connectivity index (χ0) is 19.7. The average Bonchev–Trinajstić information content (AvgIpc) is 3.05. The molecule has 6 nitrogen and oxygen atoms in total. The summed E-state index contributed by atoms with van der Waals surface area (Å²) >= 11 is 0. The van der Waals surface area contributed by atoms with Crippen LogP contribution in [0.1, 0.15) is 26.2 Å². The van der Waals surface area contributed by atoms with E-state index in [1.54, 1.807) is 7.05 Å². The van der Waals surface area contributed by atoms with Gasteiger partial charge < -0.3 is 20.4 Å². The average molecular weight is 393 g/mol. The molecule has 0 spiro atoms. The smallest absolute Gasteiger partial charge is 0.356 e. The summed E-state index contributed by atoms with van der Waals surface area (Å²) in [7, 11) is 1.70. The first kappa shape index (κ1) is 22.2. The molecule has 0 aliphatic carbocycles. The minimum Gasteiger partial charge on any atom is -0.356 e. The largest absolute Gasteiger partial charge is 0.401 e. The zero-order valence-corrected chi connectivity index (χ0v) is 16.7. The lowest BCUT2D eigenvalue weighted by Crippen LogP contribution is -2.46. The van der Waals surface area contributed by atoms with E-state index in [2.05, 4.69) is 32.3 Å². The number of likely N-dealkylation sites (tertiary alicyclic amines) is 1. The molecule has 0 amide bonds. The molecular formula is C18H35F3N6. The molecule has 0 aromatic heterocycles. The lowest BCUT2D eigenvalue weighted by atomic mass is 10.2. The first-order chi connectivity index (χ1) is 12.9. The van der Waals surface area contributed by atoms with E-state index in [0.29, 0.717) is 25.5 Å². The second-order valence-corrected chi connectivity index (χ2v) is 7.46. The van der Waals surface area contributed by atoms with E-state index in [9.17, 15) is 13.2 Å². The number of aliphatic imine (C=N–C) groups is 1. The van der Waals surface area contributed by atoms with Gasteiger partial charge in [-0.05, 0) is 32.4 Å².